The van der Waals surface area contributed by atoms with Crippen LogP contribution in [0.25, 0.3) is 0 Å². The summed E-state index contributed by atoms with van der Waals surface area (Å²) in [6, 6.07) is 8.03. The second-order valence-electron chi connectivity index (χ2n) is 2.09. The summed E-state index contributed by atoms with van der Waals surface area (Å²) < 4.78 is 0. The monoisotopic (exact) mass is 155 g/mol. The molecule has 0 bridgehead atoms. The average Bonchev–Trinajstić information content (AvgIpc) is 2.06. The Bertz CT molecular complexity index is 222. The fourth-order valence-electron chi connectivity index (χ4n) is 0.723. The minimum absolute atomic E-state index is 0.197. The highest BCUT2D eigenvalue weighted by atomic mass is 16.8. The maximum Gasteiger partial charge on any atom is 0.322 e. The molecule has 0 aliphatic carbocycles. The summed E-state index contributed by atoms with van der Waals surface area (Å²) in [5.41, 5.74) is 0.197. The zero-order chi connectivity index (χ0) is 8.32. The van der Waals surface area contributed by atoms with Crippen LogP contribution in [0, 0.1) is 0 Å². The molecule has 1 rings (SSSR count). The van der Waals surface area contributed by atoms with Gasteiger partial charge in [-0.05, 0) is 0 Å². The van der Waals surface area contributed by atoms with Crippen molar-refractivity contribution in [2.24, 2.45) is 5.90 Å². The Hall–Kier alpha value is -0.940. The van der Waals surface area contributed by atoms with Gasteiger partial charge in [0.25, 0.3) is 0 Å². The molecule has 1 aromatic carbocycles. The molecule has 0 aliphatic rings. The Morgan fingerprint density at radius 2 is 1.73 bits per heavy atom. The standard InChI is InChI=1S/C7H9NO3/c8-11-7(9,10)6-4-2-1-3-5-6/h1-5,9-10H,8H2. The summed E-state index contributed by atoms with van der Waals surface area (Å²) in [6.45, 7) is 0. The van der Waals surface area contributed by atoms with Gasteiger partial charge in [-0.3, -0.25) is 0 Å². The van der Waals surface area contributed by atoms with Crippen LogP contribution < -0.4 is 5.90 Å². The predicted molar refractivity (Wildman–Crippen MR) is 37.8 cm³/mol. The molecule has 0 saturated carbocycles. The molecular formula is C7H9NO3. The van der Waals surface area contributed by atoms with Gasteiger partial charge in [-0.25, -0.2) is 10.7 Å². The molecular weight excluding hydrogens is 146 g/mol. The molecule has 0 fully saturated rings. The number of aliphatic hydroxyl groups is 2. The Kier molecular flexibility index (Phi) is 2.21. The average molecular weight is 155 g/mol. The van der Waals surface area contributed by atoms with E-state index in [-0.39, 0.29) is 5.56 Å². The van der Waals surface area contributed by atoms with Gasteiger partial charge in [0.05, 0.1) is 0 Å². The first kappa shape index (κ1) is 8.16. The topological polar surface area (TPSA) is 75.7 Å². The molecule has 0 spiro atoms. The highest BCUT2D eigenvalue weighted by Gasteiger charge is 2.25. The molecule has 0 amide bonds. The molecule has 4 heteroatoms. The third-order valence-corrected chi connectivity index (χ3v) is 1.31. The second-order valence-corrected chi connectivity index (χ2v) is 2.09. The van der Waals surface area contributed by atoms with Crippen LogP contribution in [0.15, 0.2) is 30.3 Å². The fourth-order valence-corrected chi connectivity index (χ4v) is 0.723. The fraction of sp³-hybridized carbons (Fsp3) is 0.143. The van der Waals surface area contributed by atoms with Crippen molar-refractivity contribution in [2.75, 3.05) is 0 Å². The molecule has 0 saturated heterocycles. The van der Waals surface area contributed by atoms with E-state index in [0.29, 0.717) is 0 Å². The van der Waals surface area contributed by atoms with E-state index in [2.05, 4.69) is 10.7 Å². The quantitative estimate of drug-likeness (QED) is 0.404. The summed E-state index contributed by atoms with van der Waals surface area (Å²) in [6.07, 6.45) is 0. The van der Waals surface area contributed by atoms with Gasteiger partial charge in [-0.15, -0.1) is 0 Å². The Morgan fingerprint density at radius 1 is 1.18 bits per heavy atom. The molecule has 0 aliphatic heterocycles. The number of hydrogen-bond donors (Lipinski definition) is 3. The van der Waals surface area contributed by atoms with Gasteiger partial charge >= 0.3 is 5.97 Å². The van der Waals surface area contributed by atoms with Crippen LogP contribution in [-0.2, 0) is 10.8 Å². The van der Waals surface area contributed by atoms with Gasteiger partial charge in [-0.2, -0.15) is 0 Å². The third kappa shape index (κ3) is 1.75. The lowest BCUT2D eigenvalue weighted by Crippen LogP contribution is -2.31. The van der Waals surface area contributed by atoms with E-state index in [4.69, 9.17) is 10.2 Å². The van der Waals surface area contributed by atoms with Crippen molar-refractivity contribution in [3.8, 4) is 0 Å². The van der Waals surface area contributed by atoms with E-state index < -0.39 is 5.97 Å². The lowest BCUT2D eigenvalue weighted by atomic mass is 10.2. The second kappa shape index (κ2) is 2.98. The first-order valence-corrected chi connectivity index (χ1v) is 3.05. The maximum atomic E-state index is 9.00. The van der Waals surface area contributed by atoms with E-state index in [9.17, 15) is 0 Å². The van der Waals surface area contributed by atoms with Crippen LogP contribution in [-0.4, -0.2) is 10.2 Å². The summed E-state index contributed by atoms with van der Waals surface area (Å²) >= 11 is 0. The maximum absolute atomic E-state index is 9.00. The zero-order valence-electron chi connectivity index (χ0n) is 5.77. The van der Waals surface area contributed by atoms with Gasteiger partial charge in [0.15, 0.2) is 0 Å². The van der Waals surface area contributed by atoms with Crippen LogP contribution in [0.3, 0.4) is 0 Å². The summed E-state index contributed by atoms with van der Waals surface area (Å²) in [5, 5.41) is 18.0. The van der Waals surface area contributed by atoms with Gasteiger partial charge in [-0.1, -0.05) is 30.3 Å². The molecule has 1 aromatic rings. The Labute approximate surface area is 63.8 Å². The Morgan fingerprint density at radius 3 is 2.18 bits per heavy atom. The van der Waals surface area contributed by atoms with Crippen molar-refractivity contribution in [1.82, 2.24) is 0 Å². The smallest absolute Gasteiger partial charge is 0.322 e. The first-order valence-electron chi connectivity index (χ1n) is 3.05. The molecule has 60 valence electrons. The first-order chi connectivity index (χ1) is 5.17. The van der Waals surface area contributed by atoms with Gasteiger partial charge in [0, 0.05) is 5.56 Å². The van der Waals surface area contributed by atoms with Crippen molar-refractivity contribution in [3.63, 3.8) is 0 Å². The molecule has 0 aromatic heterocycles. The van der Waals surface area contributed by atoms with Crippen LogP contribution in [0.5, 0.6) is 0 Å². The van der Waals surface area contributed by atoms with E-state index in [1.165, 1.54) is 12.1 Å². The number of hydrogen-bond acceptors (Lipinski definition) is 4. The van der Waals surface area contributed by atoms with Crippen molar-refractivity contribution < 1.29 is 15.1 Å². The van der Waals surface area contributed by atoms with Gasteiger partial charge in [0.1, 0.15) is 0 Å². The lowest BCUT2D eigenvalue weighted by molar-refractivity contribution is -0.353. The van der Waals surface area contributed by atoms with E-state index in [1.807, 2.05) is 0 Å². The van der Waals surface area contributed by atoms with E-state index in [1.54, 1.807) is 18.2 Å². The summed E-state index contributed by atoms with van der Waals surface area (Å²) in [5.74, 6) is 2.25. The van der Waals surface area contributed by atoms with Gasteiger partial charge < -0.3 is 10.2 Å². The largest absolute Gasteiger partial charge is 0.338 e. The normalized spacial score (nSPS) is 11.5. The van der Waals surface area contributed by atoms with Crippen LogP contribution in [0.1, 0.15) is 5.56 Å². The number of rotatable bonds is 2. The minimum Gasteiger partial charge on any atom is -0.338 e. The van der Waals surface area contributed by atoms with E-state index in [0.717, 1.165) is 0 Å². The number of benzene rings is 1. The summed E-state index contributed by atoms with van der Waals surface area (Å²) in [7, 11) is 0. The number of nitrogens with two attached hydrogens (primary N) is 1. The predicted octanol–water partition coefficient (Wildman–Crippen LogP) is -0.328. The molecule has 0 radical (unpaired) electrons. The zero-order valence-corrected chi connectivity index (χ0v) is 5.77. The molecule has 11 heavy (non-hydrogen) atoms. The van der Waals surface area contributed by atoms with Crippen molar-refractivity contribution in [1.29, 1.82) is 0 Å². The molecule has 0 atom stereocenters. The van der Waals surface area contributed by atoms with Crippen LogP contribution >= 0.6 is 0 Å². The van der Waals surface area contributed by atoms with Crippen molar-refractivity contribution in [3.05, 3.63) is 35.9 Å². The highest BCUT2D eigenvalue weighted by Crippen LogP contribution is 2.15. The van der Waals surface area contributed by atoms with Crippen molar-refractivity contribution >= 4 is 0 Å². The summed E-state index contributed by atoms with van der Waals surface area (Å²) in [4.78, 5) is 3.93. The third-order valence-electron chi connectivity index (χ3n) is 1.31. The van der Waals surface area contributed by atoms with E-state index >= 15 is 0 Å². The lowest BCUT2D eigenvalue weighted by Gasteiger charge is -2.17. The van der Waals surface area contributed by atoms with Crippen molar-refractivity contribution in [2.45, 2.75) is 5.97 Å². The van der Waals surface area contributed by atoms with Crippen LogP contribution in [0.2, 0.25) is 0 Å². The van der Waals surface area contributed by atoms with Crippen LogP contribution in [0.4, 0.5) is 0 Å². The molecule has 0 unspecified atom stereocenters. The Balaban J connectivity index is 2.93. The molecule has 0 heterocycles. The molecule has 4 nitrogen and oxygen atoms in total. The minimum atomic E-state index is -2.39. The SMILES string of the molecule is NOC(O)(O)c1ccccc1. The highest BCUT2D eigenvalue weighted by molar-refractivity contribution is 5.17. The molecule has 4 N–H and O–H groups in total. The van der Waals surface area contributed by atoms with Gasteiger partial charge in [0.2, 0.25) is 0 Å².